The van der Waals surface area contributed by atoms with Crippen LogP contribution in [0.2, 0.25) is 5.02 Å². The molecule has 0 aliphatic carbocycles. The number of amides is 1. The molecule has 3 rings (SSSR count). The summed E-state index contributed by atoms with van der Waals surface area (Å²) in [6.45, 7) is 0.729. The van der Waals surface area contributed by atoms with Crippen LogP contribution in [-0.2, 0) is 11.2 Å². The number of hydrogen-bond acceptors (Lipinski definition) is 3. The Labute approximate surface area is 179 Å². The summed E-state index contributed by atoms with van der Waals surface area (Å²) in [5.74, 6) is 0.276. The van der Waals surface area contributed by atoms with Crippen LogP contribution in [0.3, 0.4) is 0 Å². The molecule has 1 saturated heterocycles. The van der Waals surface area contributed by atoms with Gasteiger partial charge in [0, 0.05) is 23.8 Å². The van der Waals surface area contributed by atoms with Crippen LogP contribution < -0.4 is 5.32 Å². The Hall–Kier alpha value is -2.25. The number of benzene rings is 2. The first kappa shape index (κ1) is 22.4. The van der Waals surface area contributed by atoms with Crippen molar-refractivity contribution < 1.29 is 22.7 Å². The fourth-order valence-corrected chi connectivity index (χ4v) is 3.81. The second-order valence-corrected chi connectivity index (χ2v) is 7.96. The molecule has 0 bridgehead atoms. The van der Waals surface area contributed by atoms with Crippen molar-refractivity contribution in [3.8, 4) is 0 Å². The van der Waals surface area contributed by atoms with E-state index in [4.69, 9.17) is 16.3 Å². The Morgan fingerprint density at radius 2 is 1.87 bits per heavy atom. The summed E-state index contributed by atoms with van der Waals surface area (Å²) in [6, 6.07) is 16.0. The molecule has 1 unspecified atom stereocenters. The van der Waals surface area contributed by atoms with Crippen LogP contribution in [0.15, 0.2) is 54.6 Å². The summed E-state index contributed by atoms with van der Waals surface area (Å²) >= 11 is 5.77. The molecule has 2 aromatic rings. The van der Waals surface area contributed by atoms with Gasteiger partial charge in [0.15, 0.2) is 0 Å². The molecular weight excluding hydrogens is 417 g/mol. The summed E-state index contributed by atoms with van der Waals surface area (Å²) in [5, 5.41) is 2.77. The molecule has 1 amide bonds. The Morgan fingerprint density at radius 3 is 2.53 bits per heavy atom. The van der Waals surface area contributed by atoms with E-state index in [9.17, 15) is 18.0 Å². The van der Waals surface area contributed by atoms with Crippen LogP contribution in [-0.4, -0.2) is 42.9 Å². The highest BCUT2D eigenvalue weighted by Crippen LogP contribution is 2.27. The molecule has 2 atom stereocenters. The summed E-state index contributed by atoms with van der Waals surface area (Å²) in [6.07, 6.45) is -5.37. The maximum Gasteiger partial charge on any atom is 0.426 e. The van der Waals surface area contributed by atoms with Crippen molar-refractivity contribution in [2.75, 3.05) is 25.0 Å². The molecule has 1 aliphatic rings. The molecule has 1 fully saturated rings. The molecule has 2 aromatic carbocycles. The van der Waals surface area contributed by atoms with Crippen molar-refractivity contribution in [3.63, 3.8) is 0 Å². The SMILES string of the molecule is O=C(Nc1ccc(Cl)cc1)OC(CN1CCC[C@@H](Cc2ccccc2)C1)C(F)(F)F. The highest BCUT2D eigenvalue weighted by atomic mass is 35.5. The predicted molar refractivity (Wildman–Crippen MR) is 111 cm³/mol. The standard InChI is InChI=1S/C22H24ClF3N2O2/c23-18-8-10-19(11-9-18)27-21(29)30-20(22(24,25)26)15-28-12-4-7-17(14-28)13-16-5-2-1-3-6-16/h1-3,5-6,8-11,17,20H,4,7,12-15H2,(H,27,29)/t17-,20?/m0/s1. The van der Waals surface area contributed by atoms with Crippen molar-refractivity contribution >= 4 is 23.4 Å². The molecule has 162 valence electrons. The van der Waals surface area contributed by atoms with Gasteiger partial charge in [-0.25, -0.2) is 4.79 Å². The summed E-state index contributed by atoms with van der Waals surface area (Å²) in [7, 11) is 0. The van der Waals surface area contributed by atoms with Gasteiger partial charge < -0.3 is 4.74 Å². The lowest BCUT2D eigenvalue weighted by atomic mass is 9.91. The van der Waals surface area contributed by atoms with Gasteiger partial charge in [-0.05, 0) is 61.6 Å². The van der Waals surface area contributed by atoms with Gasteiger partial charge in [0.1, 0.15) is 0 Å². The van der Waals surface area contributed by atoms with Crippen LogP contribution in [0.4, 0.5) is 23.7 Å². The molecule has 0 aromatic heterocycles. The van der Waals surface area contributed by atoms with Crippen LogP contribution in [0.1, 0.15) is 18.4 Å². The van der Waals surface area contributed by atoms with Crippen molar-refractivity contribution in [1.29, 1.82) is 0 Å². The van der Waals surface area contributed by atoms with Gasteiger partial charge in [-0.3, -0.25) is 10.2 Å². The average molecular weight is 441 g/mol. The van der Waals surface area contributed by atoms with Gasteiger partial charge in [0.2, 0.25) is 6.10 Å². The lowest BCUT2D eigenvalue weighted by Crippen LogP contribution is -2.47. The minimum atomic E-state index is -4.65. The van der Waals surface area contributed by atoms with Crippen LogP contribution in [0, 0.1) is 5.92 Å². The lowest BCUT2D eigenvalue weighted by Gasteiger charge is -2.35. The van der Waals surface area contributed by atoms with Crippen molar-refractivity contribution in [2.24, 2.45) is 5.92 Å². The van der Waals surface area contributed by atoms with E-state index >= 15 is 0 Å². The smallest absolute Gasteiger partial charge is 0.426 e. The minimum Gasteiger partial charge on any atom is -0.435 e. The van der Waals surface area contributed by atoms with E-state index in [-0.39, 0.29) is 12.5 Å². The third-order valence-electron chi connectivity index (χ3n) is 5.10. The third kappa shape index (κ3) is 6.92. The monoisotopic (exact) mass is 440 g/mol. The van der Waals surface area contributed by atoms with Crippen molar-refractivity contribution in [2.45, 2.75) is 31.5 Å². The number of nitrogens with zero attached hydrogens (tertiary/aromatic N) is 1. The third-order valence-corrected chi connectivity index (χ3v) is 5.35. The molecule has 8 heteroatoms. The number of hydrogen-bond donors (Lipinski definition) is 1. The first-order valence-electron chi connectivity index (χ1n) is 9.86. The molecule has 30 heavy (non-hydrogen) atoms. The maximum absolute atomic E-state index is 13.5. The number of anilines is 1. The second-order valence-electron chi connectivity index (χ2n) is 7.53. The Morgan fingerprint density at radius 1 is 1.17 bits per heavy atom. The van der Waals surface area contributed by atoms with Crippen LogP contribution >= 0.6 is 11.6 Å². The van der Waals surface area contributed by atoms with Gasteiger partial charge in [0.05, 0.1) is 0 Å². The Kier molecular flexibility index (Phi) is 7.61. The normalized spacial score (nSPS) is 18.6. The Balaban J connectivity index is 1.57. The number of rotatable bonds is 6. The molecular formula is C22H24ClF3N2O2. The first-order chi connectivity index (χ1) is 14.3. The second kappa shape index (κ2) is 10.2. The zero-order chi connectivity index (χ0) is 21.6. The molecule has 0 radical (unpaired) electrons. The van der Waals surface area contributed by atoms with Gasteiger partial charge in [0.25, 0.3) is 0 Å². The van der Waals surface area contributed by atoms with E-state index in [1.807, 2.05) is 30.3 Å². The minimum absolute atomic E-state index is 0.276. The number of halogens is 4. The molecule has 1 N–H and O–H groups in total. The highest BCUT2D eigenvalue weighted by Gasteiger charge is 2.44. The average Bonchev–Trinajstić information content (AvgIpc) is 2.70. The number of piperidine rings is 1. The van der Waals surface area contributed by atoms with Crippen LogP contribution in [0.25, 0.3) is 0 Å². The zero-order valence-corrected chi connectivity index (χ0v) is 17.1. The topological polar surface area (TPSA) is 41.6 Å². The lowest BCUT2D eigenvalue weighted by molar-refractivity contribution is -0.207. The van der Waals surface area contributed by atoms with E-state index in [0.29, 0.717) is 23.8 Å². The molecule has 4 nitrogen and oxygen atoms in total. The van der Waals surface area contributed by atoms with E-state index in [2.05, 4.69) is 5.32 Å². The number of nitrogens with one attached hydrogen (secondary N) is 1. The number of carbonyl (C=O) groups excluding carboxylic acids is 1. The summed E-state index contributed by atoms with van der Waals surface area (Å²) in [4.78, 5) is 13.8. The number of carbonyl (C=O) groups is 1. The van der Waals surface area contributed by atoms with Crippen molar-refractivity contribution in [3.05, 3.63) is 65.2 Å². The maximum atomic E-state index is 13.5. The van der Waals surface area contributed by atoms with Gasteiger partial charge >= 0.3 is 12.3 Å². The number of ether oxygens (including phenoxy) is 1. The number of likely N-dealkylation sites (tertiary alicyclic amines) is 1. The van der Waals surface area contributed by atoms with Crippen molar-refractivity contribution in [1.82, 2.24) is 4.90 Å². The molecule has 0 spiro atoms. The van der Waals surface area contributed by atoms with Gasteiger partial charge in [-0.2, -0.15) is 13.2 Å². The van der Waals surface area contributed by atoms with E-state index in [1.165, 1.54) is 29.8 Å². The summed E-state index contributed by atoms with van der Waals surface area (Å²) < 4.78 is 45.3. The van der Waals surface area contributed by atoms with E-state index < -0.39 is 18.4 Å². The predicted octanol–water partition coefficient (Wildman–Crippen LogP) is 5.77. The quantitative estimate of drug-likeness (QED) is 0.619. The fourth-order valence-electron chi connectivity index (χ4n) is 3.68. The summed E-state index contributed by atoms with van der Waals surface area (Å²) in [5.41, 5.74) is 1.49. The number of alkyl halides is 3. The zero-order valence-electron chi connectivity index (χ0n) is 16.4. The van der Waals surface area contributed by atoms with Crippen LogP contribution in [0.5, 0.6) is 0 Å². The van der Waals surface area contributed by atoms with Gasteiger partial charge in [-0.1, -0.05) is 41.9 Å². The molecule has 0 saturated carbocycles. The Bertz CT molecular complexity index is 815. The highest BCUT2D eigenvalue weighted by molar-refractivity contribution is 6.30. The van der Waals surface area contributed by atoms with Gasteiger partial charge in [-0.15, -0.1) is 0 Å². The first-order valence-corrected chi connectivity index (χ1v) is 10.2. The van der Waals surface area contributed by atoms with E-state index in [1.54, 1.807) is 4.90 Å². The largest absolute Gasteiger partial charge is 0.435 e. The molecule has 1 aliphatic heterocycles. The molecule has 1 heterocycles. The van der Waals surface area contributed by atoms with E-state index in [0.717, 1.165) is 19.3 Å². The fraction of sp³-hybridized carbons (Fsp3) is 0.409.